The van der Waals surface area contributed by atoms with E-state index >= 15 is 0 Å². The molecule has 24 heavy (non-hydrogen) atoms. The van der Waals surface area contributed by atoms with Gasteiger partial charge in [0.25, 0.3) is 5.69 Å². The first-order valence-electron chi connectivity index (χ1n) is 7.08. The van der Waals surface area contributed by atoms with Crippen LogP contribution in [0.25, 0.3) is 11.4 Å². The average molecular weight is 339 g/mol. The zero-order valence-corrected chi connectivity index (χ0v) is 13.5. The van der Waals surface area contributed by atoms with E-state index in [2.05, 4.69) is 15.3 Å². The summed E-state index contributed by atoms with van der Waals surface area (Å²) in [6.07, 6.45) is 1.51. The molecule has 0 aliphatic carbocycles. The van der Waals surface area contributed by atoms with Crippen LogP contribution in [-0.2, 0) is 0 Å². The number of aromatic amines is 1. The molecule has 3 aromatic rings. The Hall–Kier alpha value is -3.13. The average Bonchev–Trinajstić information content (AvgIpc) is 2.95. The quantitative estimate of drug-likeness (QED) is 0.340. The fourth-order valence-corrected chi connectivity index (χ4v) is 2.31. The Bertz CT molecular complexity index is 973. The maximum absolute atomic E-state index is 10.8. The van der Waals surface area contributed by atoms with E-state index in [9.17, 15) is 10.1 Å². The summed E-state index contributed by atoms with van der Waals surface area (Å²) in [6.45, 7) is 2.00. The molecule has 0 atom stereocenters. The van der Waals surface area contributed by atoms with Gasteiger partial charge in [-0.2, -0.15) is 14.9 Å². The lowest BCUT2D eigenvalue weighted by Gasteiger charge is -2.01. The van der Waals surface area contributed by atoms with Gasteiger partial charge in [0.05, 0.1) is 11.1 Å². The van der Waals surface area contributed by atoms with Crippen LogP contribution in [0.5, 0.6) is 0 Å². The van der Waals surface area contributed by atoms with E-state index in [1.54, 1.807) is 12.1 Å². The molecule has 1 aromatic heterocycles. The maximum atomic E-state index is 10.8. The van der Waals surface area contributed by atoms with Gasteiger partial charge in [0.1, 0.15) is 0 Å². The number of benzene rings is 2. The van der Waals surface area contributed by atoms with E-state index in [4.69, 9.17) is 12.2 Å². The SMILES string of the molecule is Cc1ccc(-c2n[nH]c(=S)n2/N=C\c2cccc([N+](=O)[O-])c2)cc1. The highest BCUT2D eigenvalue weighted by molar-refractivity contribution is 7.71. The fraction of sp³-hybridized carbons (Fsp3) is 0.0625. The number of hydrogen-bond acceptors (Lipinski definition) is 5. The van der Waals surface area contributed by atoms with Gasteiger partial charge in [-0.3, -0.25) is 10.1 Å². The van der Waals surface area contributed by atoms with Gasteiger partial charge in [-0.15, -0.1) is 0 Å². The van der Waals surface area contributed by atoms with Crippen LogP contribution in [0.3, 0.4) is 0 Å². The molecule has 0 fully saturated rings. The van der Waals surface area contributed by atoms with Crippen molar-refractivity contribution in [3.63, 3.8) is 0 Å². The second-order valence-electron chi connectivity index (χ2n) is 5.13. The van der Waals surface area contributed by atoms with E-state index < -0.39 is 4.92 Å². The second-order valence-corrected chi connectivity index (χ2v) is 5.51. The number of nitro benzene ring substituents is 1. The zero-order chi connectivity index (χ0) is 17.1. The summed E-state index contributed by atoms with van der Waals surface area (Å²) in [5.41, 5.74) is 2.61. The molecule has 2 aromatic carbocycles. The number of nitrogens with zero attached hydrogens (tertiary/aromatic N) is 4. The minimum Gasteiger partial charge on any atom is -0.258 e. The first-order valence-corrected chi connectivity index (χ1v) is 7.49. The third kappa shape index (κ3) is 3.28. The van der Waals surface area contributed by atoms with Crippen molar-refractivity contribution >= 4 is 24.1 Å². The van der Waals surface area contributed by atoms with Gasteiger partial charge in [-0.1, -0.05) is 42.0 Å². The molecule has 0 saturated carbocycles. The van der Waals surface area contributed by atoms with Crippen molar-refractivity contribution < 1.29 is 4.92 Å². The van der Waals surface area contributed by atoms with E-state index in [0.29, 0.717) is 16.2 Å². The zero-order valence-electron chi connectivity index (χ0n) is 12.7. The highest BCUT2D eigenvalue weighted by Crippen LogP contribution is 2.18. The third-order valence-corrected chi connectivity index (χ3v) is 3.63. The van der Waals surface area contributed by atoms with Crippen molar-refractivity contribution in [1.82, 2.24) is 14.9 Å². The van der Waals surface area contributed by atoms with Crippen LogP contribution in [0.4, 0.5) is 5.69 Å². The number of aryl methyl sites for hydroxylation is 1. The van der Waals surface area contributed by atoms with Crippen LogP contribution in [0.1, 0.15) is 11.1 Å². The van der Waals surface area contributed by atoms with Gasteiger partial charge in [-0.25, -0.2) is 5.10 Å². The predicted octanol–water partition coefficient (Wildman–Crippen LogP) is 3.71. The third-order valence-electron chi connectivity index (χ3n) is 3.36. The highest BCUT2D eigenvalue weighted by Gasteiger charge is 2.08. The van der Waals surface area contributed by atoms with Crippen LogP contribution < -0.4 is 0 Å². The standard InChI is InChI=1S/C16H13N5O2S/c1-11-5-7-13(8-6-11)15-18-19-16(24)20(15)17-10-12-3-2-4-14(9-12)21(22)23/h2-10H,1H3,(H,19,24)/b17-10-. The maximum Gasteiger partial charge on any atom is 0.270 e. The fourth-order valence-electron chi connectivity index (χ4n) is 2.13. The molecule has 1 heterocycles. The molecule has 3 rings (SSSR count). The molecule has 0 spiro atoms. The summed E-state index contributed by atoms with van der Waals surface area (Å²) in [5, 5.41) is 22.0. The smallest absolute Gasteiger partial charge is 0.258 e. The number of H-pyrrole nitrogens is 1. The normalized spacial score (nSPS) is 11.0. The van der Waals surface area contributed by atoms with E-state index in [0.717, 1.165) is 11.1 Å². The molecule has 0 saturated heterocycles. The molecule has 8 heteroatoms. The largest absolute Gasteiger partial charge is 0.270 e. The molecule has 0 radical (unpaired) electrons. The first kappa shape index (κ1) is 15.8. The Labute approximate surface area is 142 Å². The van der Waals surface area contributed by atoms with Gasteiger partial charge in [0.15, 0.2) is 5.82 Å². The second kappa shape index (κ2) is 6.55. The summed E-state index contributed by atoms with van der Waals surface area (Å²) in [4.78, 5) is 10.4. The Kier molecular flexibility index (Phi) is 4.30. The Morgan fingerprint density at radius 3 is 2.75 bits per heavy atom. The van der Waals surface area contributed by atoms with E-state index in [1.165, 1.54) is 23.0 Å². The van der Waals surface area contributed by atoms with Crippen LogP contribution in [0, 0.1) is 21.8 Å². The number of nitro groups is 1. The predicted molar refractivity (Wildman–Crippen MR) is 93.7 cm³/mol. The van der Waals surface area contributed by atoms with E-state index in [-0.39, 0.29) is 5.69 Å². The molecule has 120 valence electrons. The molecule has 0 bridgehead atoms. The van der Waals surface area contributed by atoms with Crippen LogP contribution >= 0.6 is 12.2 Å². The van der Waals surface area contributed by atoms with Gasteiger partial charge >= 0.3 is 0 Å². The summed E-state index contributed by atoms with van der Waals surface area (Å²) in [7, 11) is 0. The molecule has 0 aliphatic rings. The summed E-state index contributed by atoms with van der Waals surface area (Å²) in [5.74, 6) is 0.571. The minimum atomic E-state index is -0.446. The van der Waals surface area contributed by atoms with Crippen LogP contribution in [-0.4, -0.2) is 26.0 Å². The summed E-state index contributed by atoms with van der Waals surface area (Å²) in [6, 6.07) is 14.0. The molecular formula is C16H13N5O2S. The van der Waals surface area contributed by atoms with Crippen LogP contribution in [0.15, 0.2) is 53.6 Å². The lowest BCUT2D eigenvalue weighted by molar-refractivity contribution is -0.384. The highest BCUT2D eigenvalue weighted by atomic mass is 32.1. The van der Waals surface area contributed by atoms with E-state index in [1.807, 2.05) is 31.2 Å². The molecular weight excluding hydrogens is 326 g/mol. The van der Waals surface area contributed by atoms with Crippen molar-refractivity contribution in [3.05, 3.63) is 74.5 Å². The number of hydrogen-bond donors (Lipinski definition) is 1. The molecule has 0 unspecified atom stereocenters. The monoisotopic (exact) mass is 339 g/mol. The number of aromatic nitrogens is 3. The van der Waals surface area contributed by atoms with Crippen LogP contribution in [0.2, 0.25) is 0 Å². The topological polar surface area (TPSA) is 89.1 Å². The van der Waals surface area contributed by atoms with Crippen molar-refractivity contribution in [1.29, 1.82) is 0 Å². The summed E-state index contributed by atoms with van der Waals surface area (Å²) >= 11 is 5.20. The first-order chi connectivity index (χ1) is 11.5. The van der Waals surface area contributed by atoms with Gasteiger partial charge in [-0.05, 0) is 19.1 Å². The van der Waals surface area contributed by atoms with Gasteiger partial charge < -0.3 is 0 Å². The molecule has 0 amide bonds. The Morgan fingerprint density at radius 2 is 2.04 bits per heavy atom. The van der Waals surface area contributed by atoms with Crippen molar-refractivity contribution in [2.45, 2.75) is 6.92 Å². The number of nitrogens with one attached hydrogen (secondary N) is 1. The molecule has 7 nitrogen and oxygen atoms in total. The minimum absolute atomic E-state index is 0.00787. The van der Waals surface area contributed by atoms with Crippen molar-refractivity contribution in [2.24, 2.45) is 5.10 Å². The van der Waals surface area contributed by atoms with Gasteiger partial charge in [0.2, 0.25) is 4.77 Å². The Morgan fingerprint density at radius 1 is 1.29 bits per heavy atom. The molecule has 1 N–H and O–H groups in total. The van der Waals surface area contributed by atoms with Gasteiger partial charge in [0, 0.05) is 23.3 Å². The number of non-ortho nitro benzene ring substituents is 1. The Balaban J connectivity index is 1.97. The lowest BCUT2D eigenvalue weighted by atomic mass is 10.1. The summed E-state index contributed by atoms with van der Waals surface area (Å²) < 4.78 is 1.83. The van der Waals surface area contributed by atoms with Crippen molar-refractivity contribution in [3.8, 4) is 11.4 Å². The number of rotatable bonds is 4. The lowest BCUT2D eigenvalue weighted by Crippen LogP contribution is -1.96. The molecule has 0 aliphatic heterocycles. The van der Waals surface area contributed by atoms with Crippen molar-refractivity contribution in [2.75, 3.05) is 0 Å².